The molecule has 0 radical (unpaired) electrons. The molecule has 41 heavy (non-hydrogen) atoms. The number of benzene rings is 2. The Hall–Kier alpha value is -3.82. The van der Waals surface area contributed by atoms with Crippen molar-refractivity contribution in [2.45, 2.75) is 59.8 Å². The lowest BCUT2D eigenvalue weighted by Gasteiger charge is -2.32. The second kappa shape index (κ2) is 12.4. The van der Waals surface area contributed by atoms with Crippen LogP contribution >= 0.6 is 0 Å². The number of nitrogens with zero attached hydrogens (tertiary/aromatic N) is 7. The molecule has 0 spiro atoms. The monoisotopic (exact) mass is 555 g/mol. The molecule has 2 aromatic carbocycles. The van der Waals surface area contributed by atoms with Gasteiger partial charge >= 0.3 is 0 Å². The van der Waals surface area contributed by atoms with Crippen LogP contribution in [0.4, 0.5) is 0 Å². The van der Waals surface area contributed by atoms with E-state index in [-0.39, 0.29) is 5.91 Å². The van der Waals surface area contributed by atoms with Gasteiger partial charge in [-0.05, 0) is 71.0 Å². The minimum absolute atomic E-state index is 0.0846. The molecule has 0 unspecified atom stereocenters. The molecule has 1 amide bonds. The van der Waals surface area contributed by atoms with E-state index in [1.807, 2.05) is 59.0 Å². The summed E-state index contributed by atoms with van der Waals surface area (Å²) < 4.78 is 7.51. The summed E-state index contributed by atoms with van der Waals surface area (Å²) in [6.45, 7) is 15.7. The first kappa shape index (κ1) is 28.7. The van der Waals surface area contributed by atoms with Crippen LogP contribution in [0, 0.1) is 6.92 Å². The zero-order valence-electron chi connectivity index (χ0n) is 25.0. The van der Waals surface area contributed by atoms with Crippen molar-refractivity contribution in [1.82, 2.24) is 34.6 Å². The number of carbonyl (C=O) groups excluding carboxylic acids is 1. The number of piperazine rings is 1. The maximum atomic E-state index is 13.1. The van der Waals surface area contributed by atoms with Crippen molar-refractivity contribution in [3.8, 4) is 23.0 Å². The lowest BCUT2D eigenvalue weighted by atomic mass is 10.1. The van der Waals surface area contributed by atoms with Gasteiger partial charge in [-0.3, -0.25) is 14.4 Å². The molecule has 9 heteroatoms. The van der Waals surface area contributed by atoms with Crippen LogP contribution in [-0.4, -0.2) is 85.8 Å². The molecule has 0 bridgehead atoms. The van der Waals surface area contributed by atoms with E-state index in [9.17, 15) is 4.79 Å². The zero-order chi connectivity index (χ0) is 29.1. The first-order valence-corrected chi connectivity index (χ1v) is 14.5. The Bertz CT molecular complexity index is 1460. The summed E-state index contributed by atoms with van der Waals surface area (Å²) >= 11 is 0. The number of aryl methyl sites for hydroxylation is 1. The third-order valence-electron chi connectivity index (χ3n) is 7.83. The number of amides is 1. The van der Waals surface area contributed by atoms with Gasteiger partial charge in [0.25, 0.3) is 11.8 Å². The van der Waals surface area contributed by atoms with E-state index in [0.717, 1.165) is 49.5 Å². The van der Waals surface area contributed by atoms with Crippen LogP contribution in [0.3, 0.4) is 0 Å². The van der Waals surface area contributed by atoms with Crippen molar-refractivity contribution in [2.24, 2.45) is 0 Å². The molecule has 3 heterocycles. The Morgan fingerprint density at radius 3 is 2.34 bits per heavy atom. The van der Waals surface area contributed by atoms with E-state index in [0.29, 0.717) is 41.6 Å². The first-order chi connectivity index (χ1) is 19.7. The SMILES string of the molecule is Cc1cc(-c2nc(-c3ccc(CN(C(C)C)C(C)C)cc3)no2)nn1Cc1cccc(C(=O)N2CCN(C)CC2)c1. The molecule has 1 fully saturated rings. The van der Waals surface area contributed by atoms with E-state index in [1.165, 1.54) is 5.56 Å². The van der Waals surface area contributed by atoms with Crippen molar-refractivity contribution < 1.29 is 9.32 Å². The summed E-state index contributed by atoms with van der Waals surface area (Å²) in [6.07, 6.45) is 0. The average Bonchev–Trinajstić information content (AvgIpc) is 3.59. The smallest absolute Gasteiger partial charge is 0.278 e. The molecule has 1 aliphatic rings. The molecule has 0 saturated carbocycles. The summed E-state index contributed by atoms with van der Waals surface area (Å²) in [5.74, 6) is 1.01. The number of hydrogen-bond donors (Lipinski definition) is 0. The van der Waals surface area contributed by atoms with Crippen LogP contribution < -0.4 is 0 Å². The van der Waals surface area contributed by atoms with Crippen LogP contribution in [0.25, 0.3) is 23.0 Å². The van der Waals surface area contributed by atoms with E-state index >= 15 is 0 Å². The van der Waals surface area contributed by atoms with Crippen LogP contribution in [-0.2, 0) is 13.1 Å². The Morgan fingerprint density at radius 2 is 1.66 bits per heavy atom. The van der Waals surface area contributed by atoms with Crippen LogP contribution in [0.2, 0.25) is 0 Å². The van der Waals surface area contributed by atoms with Gasteiger partial charge in [0.05, 0.1) is 6.54 Å². The van der Waals surface area contributed by atoms with Gasteiger partial charge in [-0.15, -0.1) is 0 Å². The predicted octanol–water partition coefficient (Wildman–Crippen LogP) is 4.96. The van der Waals surface area contributed by atoms with Gasteiger partial charge in [0, 0.05) is 61.6 Å². The molecular formula is C32H41N7O2. The van der Waals surface area contributed by atoms with Gasteiger partial charge in [0.2, 0.25) is 5.82 Å². The van der Waals surface area contributed by atoms with E-state index in [1.54, 1.807) is 0 Å². The lowest BCUT2D eigenvalue weighted by Crippen LogP contribution is -2.47. The molecule has 0 atom stereocenters. The van der Waals surface area contributed by atoms with E-state index in [4.69, 9.17) is 9.62 Å². The zero-order valence-corrected chi connectivity index (χ0v) is 25.0. The van der Waals surface area contributed by atoms with Gasteiger partial charge < -0.3 is 14.3 Å². The normalized spacial score (nSPS) is 14.5. The molecule has 1 aliphatic heterocycles. The highest BCUT2D eigenvalue weighted by Gasteiger charge is 2.21. The molecule has 9 nitrogen and oxygen atoms in total. The van der Waals surface area contributed by atoms with Crippen LogP contribution in [0.1, 0.15) is 54.9 Å². The third-order valence-corrected chi connectivity index (χ3v) is 7.83. The van der Waals surface area contributed by atoms with Crippen molar-refractivity contribution >= 4 is 5.91 Å². The fourth-order valence-corrected chi connectivity index (χ4v) is 5.32. The van der Waals surface area contributed by atoms with Gasteiger partial charge in [0.15, 0.2) is 5.69 Å². The fourth-order valence-electron chi connectivity index (χ4n) is 5.32. The Kier molecular flexibility index (Phi) is 8.65. The minimum Gasteiger partial charge on any atom is -0.336 e. The highest BCUT2D eigenvalue weighted by Crippen LogP contribution is 2.24. The Balaban J connectivity index is 1.26. The van der Waals surface area contributed by atoms with Crippen molar-refractivity contribution in [1.29, 1.82) is 0 Å². The first-order valence-electron chi connectivity index (χ1n) is 14.5. The summed E-state index contributed by atoms with van der Waals surface area (Å²) in [5.41, 5.74) is 5.49. The largest absolute Gasteiger partial charge is 0.336 e. The Labute approximate surface area is 242 Å². The third kappa shape index (κ3) is 6.74. The van der Waals surface area contributed by atoms with Gasteiger partial charge in [-0.25, -0.2) is 0 Å². The second-order valence-electron chi connectivity index (χ2n) is 11.6. The van der Waals surface area contributed by atoms with Crippen LogP contribution in [0.5, 0.6) is 0 Å². The topological polar surface area (TPSA) is 83.5 Å². The molecular weight excluding hydrogens is 514 g/mol. The average molecular weight is 556 g/mol. The highest BCUT2D eigenvalue weighted by molar-refractivity contribution is 5.94. The van der Waals surface area contributed by atoms with Crippen LogP contribution in [0.15, 0.2) is 59.1 Å². The maximum absolute atomic E-state index is 13.1. The molecule has 5 rings (SSSR count). The van der Waals surface area contributed by atoms with E-state index < -0.39 is 0 Å². The lowest BCUT2D eigenvalue weighted by molar-refractivity contribution is 0.0664. The molecule has 216 valence electrons. The summed E-state index contributed by atoms with van der Waals surface area (Å²) in [5, 5.41) is 8.97. The highest BCUT2D eigenvalue weighted by atomic mass is 16.5. The summed E-state index contributed by atoms with van der Waals surface area (Å²) in [6, 6.07) is 19.1. The summed E-state index contributed by atoms with van der Waals surface area (Å²) in [7, 11) is 2.09. The molecule has 0 aliphatic carbocycles. The number of hydrogen-bond acceptors (Lipinski definition) is 7. The van der Waals surface area contributed by atoms with Gasteiger partial charge in [0.1, 0.15) is 0 Å². The quantitative estimate of drug-likeness (QED) is 0.289. The van der Waals surface area contributed by atoms with E-state index in [2.05, 4.69) is 66.8 Å². The predicted molar refractivity (Wildman–Crippen MR) is 160 cm³/mol. The maximum Gasteiger partial charge on any atom is 0.278 e. The number of carbonyl (C=O) groups is 1. The number of likely N-dealkylation sites (N-methyl/N-ethyl adjacent to an activating group) is 1. The summed E-state index contributed by atoms with van der Waals surface area (Å²) in [4.78, 5) is 24.3. The number of aromatic nitrogens is 4. The second-order valence-corrected chi connectivity index (χ2v) is 11.6. The van der Waals surface area contributed by atoms with Crippen molar-refractivity contribution in [2.75, 3.05) is 33.2 Å². The fraction of sp³-hybridized carbons (Fsp3) is 0.438. The minimum atomic E-state index is 0.0846. The molecule has 0 N–H and O–H groups in total. The number of rotatable bonds is 9. The van der Waals surface area contributed by atoms with Gasteiger partial charge in [-0.2, -0.15) is 10.1 Å². The van der Waals surface area contributed by atoms with Crippen molar-refractivity contribution in [3.05, 3.63) is 77.0 Å². The molecule has 4 aromatic rings. The van der Waals surface area contributed by atoms with Crippen molar-refractivity contribution in [3.63, 3.8) is 0 Å². The molecule has 2 aromatic heterocycles. The van der Waals surface area contributed by atoms with Gasteiger partial charge in [-0.1, -0.05) is 41.6 Å². The Morgan fingerprint density at radius 1 is 0.951 bits per heavy atom. The molecule has 1 saturated heterocycles. The standard InChI is InChI=1S/C32H41N7O2/c1-22(2)38(23(3)4)20-25-10-12-27(13-11-25)30-33-31(41-35-30)29-18-24(5)39(34-29)21-26-8-7-9-28(19-26)32(40)37-16-14-36(6)15-17-37/h7-13,18-19,22-23H,14-17,20-21H2,1-6H3.